The average molecular weight is 289 g/mol. The summed E-state index contributed by atoms with van der Waals surface area (Å²) in [6.07, 6.45) is -0.155. The maximum absolute atomic E-state index is 8.71. The van der Waals surface area contributed by atoms with Crippen molar-refractivity contribution in [3.63, 3.8) is 0 Å². The highest BCUT2D eigenvalue weighted by Gasteiger charge is 2.16. The predicted octanol–water partition coefficient (Wildman–Crippen LogP) is 1.40. The number of nitrogens with zero attached hydrogens (tertiary/aromatic N) is 2. The molecule has 2 atom stereocenters. The third-order valence-corrected chi connectivity index (χ3v) is 3.46. The van der Waals surface area contributed by atoms with E-state index in [0.717, 1.165) is 38.5 Å². The van der Waals surface area contributed by atoms with Crippen LogP contribution in [0.2, 0.25) is 0 Å². The SMILES string of the molecule is C[C@H](C#N)Oc1ccc(CNC[C@@H]2CN(C)CCO2)cc1. The smallest absolute Gasteiger partial charge is 0.181 e. The van der Waals surface area contributed by atoms with Gasteiger partial charge in [-0.1, -0.05) is 12.1 Å². The van der Waals surface area contributed by atoms with Gasteiger partial charge in [0.25, 0.3) is 0 Å². The Hall–Kier alpha value is -1.61. The van der Waals surface area contributed by atoms with Gasteiger partial charge in [0.2, 0.25) is 0 Å². The summed E-state index contributed by atoms with van der Waals surface area (Å²) in [5.74, 6) is 0.727. The van der Waals surface area contributed by atoms with E-state index in [-0.39, 0.29) is 6.10 Å². The highest BCUT2D eigenvalue weighted by atomic mass is 16.5. The number of benzene rings is 1. The molecule has 5 heteroatoms. The highest BCUT2D eigenvalue weighted by Crippen LogP contribution is 2.13. The zero-order valence-electron chi connectivity index (χ0n) is 12.7. The maximum atomic E-state index is 8.71. The van der Waals surface area contributed by atoms with E-state index in [2.05, 4.69) is 17.3 Å². The summed E-state index contributed by atoms with van der Waals surface area (Å²) in [6.45, 7) is 6.19. The maximum Gasteiger partial charge on any atom is 0.181 e. The first-order chi connectivity index (χ1) is 10.2. The van der Waals surface area contributed by atoms with Crippen LogP contribution in [0.15, 0.2) is 24.3 Å². The first kappa shape index (κ1) is 15.8. The van der Waals surface area contributed by atoms with Gasteiger partial charge in [-0.05, 0) is 31.7 Å². The minimum atomic E-state index is -0.422. The van der Waals surface area contributed by atoms with Gasteiger partial charge in [-0.15, -0.1) is 0 Å². The number of nitrogens with one attached hydrogen (secondary N) is 1. The van der Waals surface area contributed by atoms with E-state index in [9.17, 15) is 0 Å². The van der Waals surface area contributed by atoms with Crippen LogP contribution in [0.25, 0.3) is 0 Å². The molecule has 1 aromatic rings. The molecule has 0 saturated carbocycles. The molecular formula is C16H23N3O2. The zero-order chi connectivity index (χ0) is 15.1. The van der Waals surface area contributed by atoms with Crippen LogP contribution in [0.1, 0.15) is 12.5 Å². The van der Waals surface area contributed by atoms with Crippen molar-refractivity contribution in [3.05, 3.63) is 29.8 Å². The van der Waals surface area contributed by atoms with Crippen molar-refractivity contribution in [2.24, 2.45) is 0 Å². The zero-order valence-corrected chi connectivity index (χ0v) is 12.7. The lowest BCUT2D eigenvalue weighted by Gasteiger charge is -2.30. The normalized spacial score (nSPS) is 20.7. The molecule has 114 valence electrons. The minimum absolute atomic E-state index is 0.267. The third-order valence-electron chi connectivity index (χ3n) is 3.46. The molecule has 0 aromatic heterocycles. The fraction of sp³-hybridized carbons (Fsp3) is 0.562. The van der Waals surface area contributed by atoms with Gasteiger partial charge < -0.3 is 19.7 Å². The molecule has 1 aliphatic rings. The van der Waals surface area contributed by atoms with Crippen LogP contribution >= 0.6 is 0 Å². The van der Waals surface area contributed by atoms with Crippen LogP contribution in [-0.2, 0) is 11.3 Å². The second-order valence-electron chi connectivity index (χ2n) is 5.42. The molecule has 0 unspecified atom stereocenters. The quantitative estimate of drug-likeness (QED) is 0.858. The summed E-state index contributed by atoms with van der Waals surface area (Å²) >= 11 is 0. The molecule has 1 N–H and O–H groups in total. The average Bonchev–Trinajstić information content (AvgIpc) is 2.49. The van der Waals surface area contributed by atoms with Gasteiger partial charge in [0.1, 0.15) is 11.8 Å². The second-order valence-corrected chi connectivity index (χ2v) is 5.42. The van der Waals surface area contributed by atoms with Gasteiger partial charge >= 0.3 is 0 Å². The number of morpholine rings is 1. The summed E-state index contributed by atoms with van der Waals surface area (Å²) in [7, 11) is 2.12. The summed E-state index contributed by atoms with van der Waals surface area (Å²) in [4.78, 5) is 2.29. The van der Waals surface area contributed by atoms with E-state index in [4.69, 9.17) is 14.7 Å². The fourth-order valence-corrected chi connectivity index (χ4v) is 2.28. The van der Waals surface area contributed by atoms with Crippen molar-refractivity contribution in [2.45, 2.75) is 25.7 Å². The van der Waals surface area contributed by atoms with Crippen LogP contribution in [-0.4, -0.2) is 50.4 Å². The Morgan fingerprint density at radius 1 is 1.48 bits per heavy atom. The molecule has 0 radical (unpaired) electrons. The number of ether oxygens (including phenoxy) is 2. The first-order valence-corrected chi connectivity index (χ1v) is 7.33. The van der Waals surface area contributed by atoms with Crippen LogP contribution in [0, 0.1) is 11.3 Å². The van der Waals surface area contributed by atoms with E-state index < -0.39 is 6.10 Å². The van der Waals surface area contributed by atoms with Gasteiger partial charge in [0, 0.05) is 26.2 Å². The van der Waals surface area contributed by atoms with Crippen molar-refractivity contribution in [1.82, 2.24) is 10.2 Å². The lowest BCUT2D eigenvalue weighted by Crippen LogP contribution is -2.44. The van der Waals surface area contributed by atoms with Crippen molar-refractivity contribution in [3.8, 4) is 11.8 Å². The number of nitriles is 1. The first-order valence-electron chi connectivity index (χ1n) is 7.33. The third kappa shape index (κ3) is 5.35. The van der Waals surface area contributed by atoms with Crippen molar-refractivity contribution < 1.29 is 9.47 Å². The van der Waals surface area contributed by atoms with E-state index in [0.29, 0.717) is 0 Å². The number of rotatable bonds is 6. The largest absolute Gasteiger partial charge is 0.476 e. The molecule has 0 bridgehead atoms. The summed E-state index contributed by atoms with van der Waals surface area (Å²) < 4.78 is 11.1. The van der Waals surface area contributed by atoms with Gasteiger partial charge in [0.05, 0.1) is 12.7 Å². The Morgan fingerprint density at radius 3 is 2.90 bits per heavy atom. The highest BCUT2D eigenvalue weighted by molar-refractivity contribution is 5.27. The molecule has 5 nitrogen and oxygen atoms in total. The van der Waals surface area contributed by atoms with Crippen LogP contribution in [0.5, 0.6) is 5.75 Å². The summed E-state index contributed by atoms with van der Waals surface area (Å²) in [6, 6.07) is 9.88. The van der Waals surface area contributed by atoms with Gasteiger partial charge in [0.15, 0.2) is 6.10 Å². The molecule has 0 aliphatic carbocycles. The van der Waals surface area contributed by atoms with Crippen LogP contribution < -0.4 is 10.1 Å². The Labute approximate surface area is 126 Å². The Balaban J connectivity index is 1.72. The molecule has 21 heavy (non-hydrogen) atoms. The number of likely N-dealkylation sites (N-methyl/N-ethyl adjacent to an activating group) is 1. The Kier molecular flexibility index (Phi) is 6.00. The Bertz CT molecular complexity index is 469. The summed E-state index contributed by atoms with van der Waals surface area (Å²) in [5.41, 5.74) is 1.19. The standard InChI is InChI=1S/C16H23N3O2/c1-13(9-17)21-15-5-3-14(4-6-15)10-18-11-16-12-19(2)7-8-20-16/h3-6,13,16,18H,7-8,10-12H2,1-2H3/t13-,16-/m1/s1. The van der Waals surface area contributed by atoms with Crippen molar-refractivity contribution in [2.75, 3.05) is 33.3 Å². The predicted molar refractivity (Wildman–Crippen MR) is 81.1 cm³/mol. The monoisotopic (exact) mass is 289 g/mol. The van der Waals surface area contributed by atoms with Crippen molar-refractivity contribution in [1.29, 1.82) is 5.26 Å². The molecule has 1 aromatic carbocycles. The number of hydrogen-bond donors (Lipinski definition) is 1. The minimum Gasteiger partial charge on any atom is -0.476 e. The lowest BCUT2D eigenvalue weighted by atomic mass is 10.2. The molecule has 1 saturated heterocycles. The van der Waals surface area contributed by atoms with Crippen molar-refractivity contribution >= 4 is 0 Å². The second kappa shape index (κ2) is 7.99. The Morgan fingerprint density at radius 2 is 2.24 bits per heavy atom. The number of hydrogen-bond acceptors (Lipinski definition) is 5. The van der Waals surface area contributed by atoms with E-state index in [1.807, 2.05) is 30.3 Å². The molecule has 1 aliphatic heterocycles. The van der Waals surface area contributed by atoms with Crippen LogP contribution in [0.4, 0.5) is 0 Å². The lowest BCUT2D eigenvalue weighted by molar-refractivity contribution is -0.0182. The molecule has 2 rings (SSSR count). The van der Waals surface area contributed by atoms with E-state index in [1.54, 1.807) is 6.92 Å². The molecule has 1 fully saturated rings. The topological polar surface area (TPSA) is 57.5 Å². The molecule has 0 amide bonds. The summed E-state index contributed by atoms with van der Waals surface area (Å²) in [5, 5.41) is 12.1. The van der Waals surface area contributed by atoms with Crippen LogP contribution in [0.3, 0.4) is 0 Å². The molecule has 1 heterocycles. The molecule has 0 spiro atoms. The molecular weight excluding hydrogens is 266 g/mol. The van der Waals surface area contributed by atoms with E-state index in [1.165, 1.54) is 5.56 Å². The van der Waals surface area contributed by atoms with E-state index >= 15 is 0 Å². The van der Waals surface area contributed by atoms with Gasteiger partial charge in [-0.3, -0.25) is 0 Å². The fourth-order valence-electron chi connectivity index (χ4n) is 2.28. The van der Waals surface area contributed by atoms with Gasteiger partial charge in [-0.2, -0.15) is 5.26 Å². The van der Waals surface area contributed by atoms with Gasteiger partial charge in [-0.25, -0.2) is 0 Å².